The minimum Gasteiger partial charge on any atom is -0.471 e. The number of nitrogens with one attached hydrogen (secondary N) is 3. The fraction of sp³-hybridized carbons (Fsp3) is 0.182. The number of hydrogen-bond donors (Lipinski definition) is 3. The third kappa shape index (κ3) is 3.42. The smallest absolute Gasteiger partial charge is 0.229 e. The van der Waals surface area contributed by atoms with E-state index in [2.05, 4.69) is 64.7 Å². The molecule has 2 aromatic carbocycles. The zero-order valence-corrected chi connectivity index (χ0v) is 16.1. The molecule has 0 aliphatic carbocycles. The first-order valence-electron chi connectivity index (χ1n) is 9.00. The standard InChI is InChI=1S/C22H21N5O/c1-5-16-11-23-22(26-18-8-13(2)15(4)14(3)9-18)27-21(16)25-17-6-7-20-19(10-17)24-12-28-20/h1,6-11,24H,12H2,2-4H3,(H2,23,25,26,27). The Balaban J connectivity index is 1.62. The van der Waals surface area contributed by atoms with Crippen molar-refractivity contribution in [3.8, 4) is 18.1 Å². The summed E-state index contributed by atoms with van der Waals surface area (Å²) in [7, 11) is 0. The maximum Gasteiger partial charge on any atom is 0.229 e. The zero-order chi connectivity index (χ0) is 19.7. The highest BCUT2D eigenvalue weighted by Gasteiger charge is 2.13. The molecule has 28 heavy (non-hydrogen) atoms. The van der Waals surface area contributed by atoms with E-state index < -0.39 is 0 Å². The van der Waals surface area contributed by atoms with Gasteiger partial charge in [-0.3, -0.25) is 0 Å². The molecule has 0 saturated carbocycles. The largest absolute Gasteiger partial charge is 0.471 e. The molecule has 0 bridgehead atoms. The first-order chi connectivity index (χ1) is 13.5. The fourth-order valence-electron chi connectivity index (χ4n) is 3.08. The fourth-order valence-corrected chi connectivity index (χ4v) is 3.08. The number of terminal acetylenes is 1. The van der Waals surface area contributed by atoms with Crippen molar-refractivity contribution in [3.05, 3.63) is 58.8 Å². The molecule has 140 valence electrons. The van der Waals surface area contributed by atoms with Gasteiger partial charge in [0.05, 0.1) is 17.4 Å². The summed E-state index contributed by atoms with van der Waals surface area (Å²) in [6.45, 7) is 6.78. The van der Waals surface area contributed by atoms with Gasteiger partial charge in [0.2, 0.25) is 5.95 Å². The summed E-state index contributed by atoms with van der Waals surface area (Å²) in [6, 6.07) is 9.96. The van der Waals surface area contributed by atoms with E-state index in [-0.39, 0.29) is 0 Å². The van der Waals surface area contributed by atoms with Gasteiger partial charge < -0.3 is 20.7 Å². The van der Waals surface area contributed by atoms with E-state index >= 15 is 0 Å². The highest BCUT2D eigenvalue weighted by Crippen LogP contribution is 2.33. The predicted molar refractivity (Wildman–Crippen MR) is 113 cm³/mol. The molecule has 6 nitrogen and oxygen atoms in total. The molecule has 1 aliphatic heterocycles. The van der Waals surface area contributed by atoms with Gasteiger partial charge in [-0.2, -0.15) is 4.98 Å². The Morgan fingerprint density at radius 1 is 1.07 bits per heavy atom. The van der Waals surface area contributed by atoms with Crippen molar-refractivity contribution in [2.24, 2.45) is 0 Å². The number of benzene rings is 2. The Hall–Kier alpha value is -3.72. The zero-order valence-electron chi connectivity index (χ0n) is 16.1. The van der Waals surface area contributed by atoms with Gasteiger partial charge >= 0.3 is 0 Å². The Morgan fingerprint density at radius 3 is 2.61 bits per heavy atom. The molecule has 4 rings (SSSR count). The highest BCUT2D eigenvalue weighted by molar-refractivity contribution is 5.72. The molecule has 6 heteroatoms. The van der Waals surface area contributed by atoms with Gasteiger partial charge in [-0.15, -0.1) is 6.42 Å². The number of aromatic nitrogens is 2. The first kappa shape index (κ1) is 17.7. The number of anilines is 5. The van der Waals surface area contributed by atoms with E-state index in [0.29, 0.717) is 24.1 Å². The summed E-state index contributed by atoms with van der Waals surface area (Å²) >= 11 is 0. The average Bonchev–Trinajstić information content (AvgIpc) is 3.14. The van der Waals surface area contributed by atoms with Crippen LogP contribution >= 0.6 is 0 Å². The van der Waals surface area contributed by atoms with Gasteiger partial charge in [-0.25, -0.2) is 4.98 Å². The normalized spacial score (nSPS) is 11.8. The number of rotatable bonds is 4. The van der Waals surface area contributed by atoms with Gasteiger partial charge in [-0.05, 0) is 67.8 Å². The Labute approximate surface area is 164 Å². The van der Waals surface area contributed by atoms with E-state index in [1.165, 1.54) is 16.7 Å². The maximum absolute atomic E-state index is 5.63. The summed E-state index contributed by atoms with van der Waals surface area (Å²) in [4.78, 5) is 8.93. The number of aryl methyl sites for hydroxylation is 2. The molecule has 1 aromatic heterocycles. The quantitative estimate of drug-likeness (QED) is 0.581. The second-order valence-corrected chi connectivity index (χ2v) is 6.76. The number of fused-ring (bicyclic) bond motifs is 1. The number of hydrogen-bond acceptors (Lipinski definition) is 6. The number of ether oxygens (including phenoxy) is 1. The summed E-state index contributed by atoms with van der Waals surface area (Å²) in [5.41, 5.74) is 7.05. The Bertz CT molecular complexity index is 1080. The summed E-state index contributed by atoms with van der Waals surface area (Å²) in [5.74, 6) is 4.51. The van der Waals surface area contributed by atoms with Crippen LogP contribution in [0.2, 0.25) is 0 Å². The van der Waals surface area contributed by atoms with Crippen LogP contribution < -0.4 is 20.7 Å². The van der Waals surface area contributed by atoms with Crippen LogP contribution in [0.25, 0.3) is 0 Å². The van der Waals surface area contributed by atoms with E-state index in [1.807, 2.05) is 18.2 Å². The van der Waals surface area contributed by atoms with E-state index in [4.69, 9.17) is 11.2 Å². The average molecular weight is 371 g/mol. The molecule has 0 amide bonds. The van der Waals surface area contributed by atoms with Gasteiger partial charge in [0.15, 0.2) is 12.5 Å². The van der Waals surface area contributed by atoms with Crippen LogP contribution in [-0.2, 0) is 0 Å². The van der Waals surface area contributed by atoms with Crippen molar-refractivity contribution >= 4 is 28.8 Å². The molecule has 0 spiro atoms. The predicted octanol–water partition coefficient (Wildman–Crippen LogP) is 4.63. The van der Waals surface area contributed by atoms with Crippen LogP contribution in [0, 0.1) is 33.1 Å². The van der Waals surface area contributed by atoms with Crippen LogP contribution in [0.3, 0.4) is 0 Å². The van der Waals surface area contributed by atoms with Crippen molar-refractivity contribution < 1.29 is 4.74 Å². The molecule has 0 fully saturated rings. The molecule has 0 unspecified atom stereocenters. The van der Waals surface area contributed by atoms with Crippen molar-refractivity contribution in [2.45, 2.75) is 20.8 Å². The van der Waals surface area contributed by atoms with Crippen LogP contribution in [0.4, 0.5) is 28.8 Å². The van der Waals surface area contributed by atoms with E-state index in [0.717, 1.165) is 22.8 Å². The molecule has 3 N–H and O–H groups in total. The molecule has 3 aromatic rings. The minimum atomic E-state index is 0.478. The Kier molecular flexibility index (Phi) is 4.50. The lowest BCUT2D eigenvalue weighted by Crippen LogP contribution is -2.04. The lowest BCUT2D eigenvalue weighted by Gasteiger charge is -2.13. The first-order valence-corrected chi connectivity index (χ1v) is 9.00. The SMILES string of the molecule is C#Cc1cnc(Nc2cc(C)c(C)c(C)c2)nc1Nc1ccc2c(c1)NCO2. The molecule has 1 aliphatic rings. The monoisotopic (exact) mass is 371 g/mol. The summed E-state index contributed by atoms with van der Waals surface area (Å²) in [6.07, 6.45) is 7.27. The van der Waals surface area contributed by atoms with Gasteiger partial charge in [0.1, 0.15) is 5.75 Å². The van der Waals surface area contributed by atoms with Gasteiger partial charge in [-0.1, -0.05) is 5.92 Å². The lowest BCUT2D eigenvalue weighted by atomic mass is 10.0. The van der Waals surface area contributed by atoms with Crippen LogP contribution in [-0.4, -0.2) is 16.7 Å². The van der Waals surface area contributed by atoms with E-state index in [9.17, 15) is 0 Å². The summed E-state index contributed by atoms with van der Waals surface area (Å²) < 4.78 is 5.45. The van der Waals surface area contributed by atoms with Crippen molar-refractivity contribution in [3.63, 3.8) is 0 Å². The second kappa shape index (κ2) is 7.12. The third-order valence-corrected chi connectivity index (χ3v) is 4.86. The topological polar surface area (TPSA) is 71.1 Å². The summed E-state index contributed by atoms with van der Waals surface area (Å²) in [5, 5.41) is 9.72. The second-order valence-electron chi connectivity index (χ2n) is 6.76. The third-order valence-electron chi connectivity index (χ3n) is 4.86. The molecular formula is C22H21N5O. The highest BCUT2D eigenvalue weighted by atomic mass is 16.5. The Morgan fingerprint density at radius 2 is 1.86 bits per heavy atom. The molecular weight excluding hydrogens is 350 g/mol. The molecule has 0 saturated heterocycles. The number of nitrogens with zero attached hydrogens (tertiary/aromatic N) is 2. The lowest BCUT2D eigenvalue weighted by molar-refractivity contribution is 0.372. The van der Waals surface area contributed by atoms with Crippen LogP contribution in [0.15, 0.2) is 36.5 Å². The van der Waals surface area contributed by atoms with Crippen molar-refractivity contribution in [2.75, 3.05) is 22.7 Å². The minimum absolute atomic E-state index is 0.478. The van der Waals surface area contributed by atoms with Crippen LogP contribution in [0.5, 0.6) is 5.75 Å². The molecule has 0 radical (unpaired) electrons. The van der Waals surface area contributed by atoms with E-state index in [1.54, 1.807) is 6.20 Å². The van der Waals surface area contributed by atoms with Crippen LogP contribution in [0.1, 0.15) is 22.3 Å². The van der Waals surface area contributed by atoms with Crippen molar-refractivity contribution in [1.29, 1.82) is 0 Å². The van der Waals surface area contributed by atoms with Gasteiger partial charge in [0, 0.05) is 11.4 Å². The molecule has 0 atom stereocenters. The van der Waals surface area contributed by atoms with Gasteiger partial charge in [0.25, 0.3) is 0 Å². The maximum atomic E-state index is 5.63. The van der Waals surface area contributed by atoms with Crippen molar-refractivity contribution in [1.82, 2.24) is 9.97 Å². The molecule has 2 heterocycles.